The number of carbonyl (C=O) groups excluding carboxylic acids is 2. The van der Waals surface area contributed by atoms with Crippen LogP contribution in [0.4, 0.5) is 0 Å². The Balaban J connectivity index is 1.58. The van der Waals surface area contributed by atoms with E-state index in [9.17, 15) is 14.7 Å². The number of carbonyl (C=O) groups is 2. The van der Waals surface area contributed by atoms with E-state index in [0.717, 1.165) is 30.4 Å². The number of halogens is 1. The van der Waals surface area contributed by atoms with Crippen LogP contribution in [0.25, 0.3) is 0 Å². The number of hydrogen-bond donors (Lipinski definition) is 1. The zero-order valence-corrected chi connectivity index (χ0v) is 21.9. The second-order valence-electron chi connectivity index (χ2n) is 9.27. The predicted molar refractivity (Wildman–Crippen MR) is 143 cm³/mol. The van der Waals surface area contributed by atoms with Crippen LogP contribution in [-0.2, 0) is 16.0 Å². The van der Waals surface area contributed by atoms with E-state index < -0.39 is 5.97 Å². The third kappa shape index (κ3) is 6.39. The van der Waals surface area contributed by atoms with Gasteiger partial charge >= 0.3 is 5.97 Å². The van der Waals surface area contributed by atoms with Crippen LogP contribution in [0.1, 0.15) is 64.1 Å². The van der Waals surface area contributed by atoms with Crippen LogP contribution in [-0.4, -0.2) is 47.6 Å². The van der Waals surface area contributed by atoms with Gasteiger partial charge in [-0.15, -0.1) is 0 Å². The van der Waals surface area contributed by atoms with E-state index in [1.54, 1.807) is 6.07 Å². The highest BCUT2D eigenvalue weighted by molar-refractivity contribution is 6.30. The molecule has 1 heterocycles. The second-order valence-corrected chi connectivity index (χ2v) is 9.71. The molecule has 194 valence electrons. The van der Waals surface area contributed by atoms with Crippen molar-refractivity contribution in [1.82, 2.24) is 4.90 Å². The molecule has 0 radical (unpaired) electrons. The average molecular weight is 522 g/mol. The number of aromatic hydroxyl groups is 1. The van der Waals surface area contributed by atoms with Crippen LogP contribution < -0.4 is 0 Å². The topological polar surface area (TPSA) is 76.1 Å². The zero-order chi connectivity index (χ0) is 26.4. The predicted octanol–water partition coefficient (Wildman–Crippen LogP) is 6.22. The van der Waals surface area contributed by atoms with E-state index in [4.69, 9.17) is 21.1 Å². The van der Waals surface area contributed by atoms with Crippen molar-refractivity contribution < 1.29 is 24.2 Å². The minimum atomic E-state index is -0.688. The molecule has 0 saturated carbocycles. The summed E-state index contributed by atoms with van der Waals surface area (Å²) in [7, 11) is 1.24. The normalized spacial score (nSPS) is 18.1. The number of benzene rings is 3. The van der Waals surface area contributed by atoms with Crippen LogP contribution in [0.2, 0.25) is 5.02 Å². The summed E-state index contributed by atoms with van der Waals surface area (Å²) in [6, 6.07) is 22.3. The van der Waals surface area contributed by atoms with Crippen molar-refractivity contribution in [3.63, 3.8) is 0 Å². The van der Waals surface area contributed by atoms with E-state index in [1.807, 2.05) is 54.6 Å². The highest BCUT2D eigenvalue weighted by Gasteiger charge is 2.36. The molecule has 1 saturated heterocycles. The highest BCUT2D eigenvalue weighted by Crippen LogP contribution is 2.37. The quantitative estimate of drug-likeness (QED) is 0.252. The van der Waals surface area contributed by atoms with Gasteiger partial charge in [0.1, 0.15) is 11.3 Å². The first-order valence-corrected chi connectivity index (χ1v) is 12.9. The molecule has 7 heteroatoms. The van der Waals surface area contributed by atoms with Gasteiger partial charge in [-0.3, -0.25) is 9.69 Å². The Morgan fingerprint density at radius 1 is 1.03 bits per heavy atom. The molecule has 0 aromatic heterocycles. The lowest BCUT2D eigenvalue weighted by atomic mass is 9.99. The molecule has 0 amide bonds. The van der Waals surface area contributed by atoms with E-state index in [-0.39, 0.29) is 47.5 Å². The summed E-state index contributed by atoms with van der Waals surface area (Å²) in [5.41, 5.74) is 2.24. The summed E-state index contributed by atoms with van der Waals surface area (Å²) >= 11 is 6.06. The number of esters is 1. The van der Waals surface area contributed by atoms with Gasteiger partial charge in [0.05, 0.1) is 31.4 Å². The molecule has 3 atom stereocenters. The number of ketones is 1. The van der Waals surface area contributed by atoms with Crippen LogP contribution in [0.15, 0.2) is 72.8 Å². The summed E-state index contributed by atoms with van der Waals surface area (Å²) in [4.78, 5) is 27.6. The summed E-state index contributed by atoms with van der Waals surface area (Å²) in [6.07, 6.45) is 2.46. The van der Waals surface area contributed by atoms with Gasteiger partial charge in [-0.1, -0.05) is 67.1 Å². The van der Waals surface area contributed by atoms with Gasteiger partial charge < -0.3 is 14.6 Å². The molecule has 0 aliphatic carbocycles. The summed E-state index contributed by atoms with van der Waals surface area (Å²) in [5, 5.41) is 11.4. The van der Waals surface area contributed by atoms with Gasteiger partial charge in [0.25, 0.3) is 0 Å². The second kappa shape index (κ2) is 12.4. The van der Waals surface area contributed by atoms with Crippen LogP contribution in [0.3, 0.4) is 0 Å². The fourth-order valence-corrected chi connectivity index (χ4v) is 5.17. The number of methoxy groups -OCH3 is 1. The van der Waals surface area contributed by atoms with Gasteiger partial charge in [0.2, 0.25) is 0 Å². The van der Waals surface area contributed by atoms with Crippen molar-refractivity contribution in [2.45, 2.75) is 51.0 Å². The van der Waals surface area contributed by atoms with Gasteiger partial charge in [0, 0.05) is 17.6 Å². The number of phenols is 1. The molecular weight excluding hydrogens is 490 g/mol. The van der Waals surface area contributed by atoms with Gasteiger partial charge in [-0.2, -0.15) is 0 Å². The standard InChI is InChI=1S/C30H32ClNO5/c1-3-25(28-17-16-27(37-28)21-12-14-22(31)15-13-21)32(18-20-8-5-4-6-9-20)19-26(33)23-10-7-11-24(29(23)34)30(35)36-2/h4-15,25,27-28,34H,3,16-19H2,1-2H3. The molecule has 3 unspecified atom stereocenters. The van der Waals surface area contributed by atoms with Crippen molar-refractivity contribution in [2.24, 2.45) is 0 Å². The van der Waals surface area contributed by atoms with Gasteiger partial charge in [-0.05, 0) is 54.7 Å². The maximum absolute atomic E-state index is 13.5. The van der Waals surface area contributed by atoms with E-state index in [1.165, 1.54) is 19.2 Å². The van der Waals surface area contributed by atoms with Crippen molar-refractivity contribution in [1.29, 1.82) is 0 Å². The lowest BCUT2D eigenvalue weighted by Gasteiger charge is -2.34. The molecule has 0 bridgehead atoms. The van der Waals surface area contributed by atoms with Crippen molar-refractivity contribution in [3.05, 3.63) is 100 Å². The summed E-state index contributed by atoms with van der Waals surface area (Å²) < 4.78 is 11.3. The Labute approximate surface area is 222 Å². The third-order valence-corrected chi connectivity index (χ3v) is 7.18. The lowest BCUT2D eigenvalue weighted by Crippen LogP contribution is -2.45. The molecule has 3 aromatic carbocycles. The van der Waals surface area contributed by atoms with Crippen LogP contribution in [0.5, 0.6) is 5.75 Å². The van der Waals surface area contributed by atoms with Crippen molar-refractivity contribution in [2.75, 3.05) is 13.7 Å². The van der Waals surface area contributed by atoms with Crippen molar-refractivity contribution in [3.8, 4) is 5.75 Å². The minimum Gasteiger partial charge on any atom is -0.506 e. The van der Waals surface area contributed by atoms with Gasteiger partial charge in [0.15, 0.2) is 5.78 Å². The molecule has 1 aliphatic heterocycles. The Morgan fingerprint density at radius 3 is 2.41 bits per heavy atom. The third-order valence-electron chi connectivity index (χ3n) is 6.93. The Morgan fingerprint density at radius 2 is 1.73 bits per heavy atom. The van der Waals surface area contributed by atoms with Crippen LogP contribution >= 0.6 is 11.6 Å². The zero-order valence-electron chi connectivity index (χ0n) is 21.1. The summed E-state index contributed by atoms with van der Waals surface area (Å²) in [6.45, 7) is 2.71. The Kier molecular flexibility index (Phi) is 8.98. The molecular formula is C30H32ClNO5. The van der Waals surface area contributed by atoms with Gasteiger partial charge in [-0.25, -0.2) is 4.79 Å². The fraction of sp³-hybridized carbons (Fsp3) is 0.333. The molecule has 1 N–H and O–H groups in total. The molecule has 1 fully saturated rings. The average Bonchev–Trinajstić information content (AvgIpc) is 3.39. The molecule has 0 spiro atoms. The largest absolute Gasteiger partial charge is 0.506 e. The van der Waals surface area contributed by atoms with Crippen molar-refractivity contribution >= 4 is 23.4 Å². The number of para-hydroxylation sites is 1. The van der Waals surface area contributed by atoms with E-state index in [2.05, 4.69) is 11.8 Å². The molecule has 37 heavy (non-hydrogen) atoms. The fourth-order valence-electron chi connectivity index (χ4n) is 5.05. The van der Waals surface area contributed by atoms with E-state index >= 15 is 0 Å². The SMILES string of the molecule is CCC(C1CCC(c2ccc(Cl)cc2)O1)N(CC(=O)c1cccc(C(=O)OC)c1O)Cc1ccccc1. The number of ether oxygens (including phenoxy) is 2. The van der Waals surface area contributed by atoms with E-state index in [0.29, 0.717) is 11.6 Å². The van der Waals surface area contributed by atoms with Crippen LogP contribution in [0, 0.1) is 0 Å². The number of rotatable bonds is 10. The smallest absolute Gasteiger partial charge is 0.341 e. The maximum atomic E-state index is 13.5. The highest BCUT2D eigenvalue weighted by atomic mass is 35.5. The first-order valence-electron chi connectivity index (χ1n) is 12.5. The number of nitrogens with zero attached hydrogens (tertiary/aromatic N) is 1. The Bertz CT molecular complexity index is 1210. The monoisotopic (exact) mass is 521 g/mol. The first-order chi connectivity index (χ1) is 17.9. The minimum absolute atomic E-state index is 0.0209. The molecule has 4 rings (SSSR count). The molecule has 3 aromatic rings. The molecule has 1 aliphatic rings. The number of phenolic OH excluding ortho intramolecular Hbond substituents is 1. The number of hydrogen-bond acceptors (Lipinski definition) is 6. The molecule has 6 nitrogen and oxygen atoms in total. The summed E-state index contributed by atoms with van der Waals surface area (Å²) in [5.74, 6) is -1.32. The number of Topliss-reactive ketones (excluding diaryl/α,β-unsaturated/α-hetero) is 1. The maximum Gasteiger partial charge on any atom is 0.341 e. The lowest BCUT2D eigenvalue weighted by molar-refractivity contribution is -0.0167. The Hall–Kier alpha value is -3.19. The first kappa shape index (κ1) is 26.9.